The number of benzene rings is 1. The Morgan fingerprint density at radius 1 is 1.30 bits per heavy atom. The number of amides is 1. The van der Waals surface area contributed by atoms with Gasteiger partial charge in [-0.15, -0.1) is 0 Å². The maximum atomic E-state index is 12.2. The lowest BCUT2D eigenvalue weighted by Gasteiger charge is -2.13. The van der Waals surface area contributed by atoms with Crippen LogP contribution in [0.3, 0.4) is 0 Å². The molecular formula is C16H16N2O2. The maximum Gasteiger partial charge on any atom is 0.267 e. The third kappa shape index (κ3) is 1.60. The van der Waals surface area contributed by atoms with Crippen LogP contribution in [0.5, 0.6) is 0 Å². The van der Waals surface area contributed by atoms with Crippen LogP contribution in [-0.2, 0) is 6.54 Å². The smallest absolute Gasteiger partial charge is 0.267 e. The summed E-state index contributed by atoms with van der Waals surface area (Å²) < 4.78 is 2.09. The average Bonchev–Trinajstić information content (AvgIpc) is 3.13. The van der Waals surface area contributed by atoms with Crippen molar-refractivity contribution in [2.24, 2.45) is 5.41 Å². The summed E-state index contributed by atoms with van der Waals surface area (Å²) in [5.74, 6) is 0.0519. The molecule has 2 aliphatic rings. The molecule has 0 radical (unpaired) electrons. The molecule has 1 saturated carbocycles. The third-order valence-corrected chi connectivity index (χ3v) is 4.62. The van der Waals surface area contributed by atoms with Gasteiger partial charge in [-0.2, -0.15) is 0 Å². The first-order chi connectivity index (χ1) is 9.58. The van der Waals surface area contributed by atoms with E-state index in [1.54, 1.807) is 6.92 Å². The quantitative estimate of drug-likeness (QED) is 0.807. The predicted octanol–water partition coefficient (Wildman–Crippen LogP) is 2.37. The molecule has 1 amide bonds. The van der Waals surface area contributed by atoms with Crippen molar-refractivity contribution in [3.05, 3.63) is 35.5 Å². The standard InChI is InChI=1S/C16H16N2O2/c1-10(19)11-2-3-12-7-14-15(20)17-8-16(4-5-16)9-18(14)13(12)6-11/h2-3,6-7H,4-5,8-9H2,1H3,(H,17,20). The molecule has 1 spiro atoms. The minimum Gasteiger partial charge on any atom is -0.350 e. The number of carbonyl (C=O) groups excluding carboxylic acids is 2. The van der Waals surface area contributed by atoms with Gasteiger partial charge in [0.1, 0.15) is 5.69 Å². The Balaban J connectivity index is 1.95. The van der Waals surface area contributed by atoms with Crippen LogP contribution in [-0.4, -0.2) is 22.8 Å². The Kier molecular flexibility index (Phi) is 2.18. The predicted molar refractivity (Wildman–Crippen MR) is 75.9 cm³/mol. The number of fused-ring (bicyclic) bond motifs is 3. The zero-order valence-electron chi connectivity index (χ0n) is 11.4. The van der Waals surface area contributed by atoms with E-state index < -0.39 is 0 Å². The molecule has 20 heavy (non-hydrogen) atoms. The second kappa shape index (κ2) is 3.72. The SMILES string of the molecule is CC(=O)c1ccc2cc3n(c2c1)CC1(CC1)CNC3=O. The van der Waals surface area contributed by atoms with Gasteiger partial charge in [-0.25, -0.2) is 0 Å². The highest BCUT2D eigenvalue weighted by Crippen LogP contribution is 2.48. The van der Waals surface area contributed by atoms with Gasteiger partial charge in [-0.1, -0.05) is 12.1 Å². The molecular weight excluding hydrogens is 252 g/mol. The fraction of sp³-hybridized carbons (Fsp3) is 0.375. The minimum absolute atomic E-state index is 0.00523. The van der Waals surface area contributed by atoms with Gasteiger partial charge < -0.3 is 9.88 Å². The van der Waals surface area contributed by atoms with E-state index >= 15 is 0 Å². The molecule has 0 bridgehead atoms. The summed E-state index contributed by atoms with van der Waals surface area (Å²) >= 11 is 0. The van der Waals surface area contributed by atoms with Crippen LogP contribution in [0.2, 0.25) is 0 Å². The summed E-state index contributed by atoms with van der Waals surface area (Å²) in [6.07, 6.45) is 2.33. The van der Waals surface area contributed by atoms with Crippen LogP contribution in [0.4, 0.5) is 0 Å². The Bertz CT molecular complexity index is 753. The van der Waals surface area contributed by atoms with E-state index in [1.165, 1.54) is 12.8 Å². The molecule has 4 heteroatoms. The van der Waals surface area contributed by atoms with Gasteiger partial charge in [0.25, 0.3) is 5.91 Å². The van der Waals surface area contributed by atoms with Gasteiger partial charge >= 0.3 is 0 Å². The normalized spacial score (nSPS) is 19.6. The molecule has 1 aliphatic carbocycles. The van der Waals surface area contributed by atoms with Crippen molar-refractivity contribution in [2.45, 2.75) is 26.3 Å². The molecule has 1 N–H and O–H groups in total. The molecule has 4 nitrogen and oxygen atoms in total. The highest BCUT2D eigenvalue weighted by Gasteiger charge is 2.45. The highest BCUT2D eigenvalue weighted by atomic mass is 16.2. The van der Waals surface area contributed by atoms with Crippen LogP contribution in [0, 0.1) is 5.41 Å². The number of carbonyl (C=O) groups is 2. The monoisotopic (exact) mass is 268 g/mol. The summed E-state index contributed by atoms with van der Waals surface area (Å²) in [5.41, 5.74) is 2.65. The van der Waals surface area contributed by atoms with Crippen LogP contribution in [0.1, 0.15) is 40.6 Å². The lowest BCUT2D eigenvalue weighted by molar-refractivity contribution is 0.0946. The summed E-state index contributed by atoms with van der Waals surface area (Å²) in [6, 6.07) is 7.60. The van der Waals surface area contributed by atoms with Crippen molar-refractivity contribution in [3.8, 4) is 0 Å². The average molecular weight is 268 g/mol. The molecule has 2 heterocycles. The first-order valence-electron chi connectivity index (χ1n) is 7.00. The van der Waals surface area contributed by atoms with E-state index in [4.69, 9.17) is 0 Å². The Hall–Kier alpha value is -2.10. The van der Waals surface area contributed by atoms with Crippen molar-refractivity contribution in [1.82, 2.24) is 9.88 Å². The van der Waals surface area contributed by atoms with Gasteiger partial charge in [0.2, 0.25) is 0 Å². The fourth-order valence-corrected chi connectivity index (χ4v) is 3.09. The number of Topliss-reactive ketones (excluding diaryl/α,β-unsaturated/α-hetero) is 1. The van der Waals surface area contributed by atoms with E-state index in [0.717, 1.165) is 24.0 Å². The first-order valence-corrected chi connectivity index (χ1v) is 7.00. The number of aromatic nitrogens is 1. The van der Waals surface area contributed by atoms with Gasteiger partial charge in [0, 0.05) is 35.0 Å². The van der Waals surface area contributed by atoms with Crippen molar-refractivity contribution in [2.75, 3.05) is 6.54 Å². The topological polar surface area (TPSA) is 51.1 Å². The van der Waals surface area contributed by atoms with Crippen LogP contribution in [0.25, 0.3) is 10.9 Å². The summed E-state index contributed by atoms with van der Waals surface area (Å²) in [4.78, 5) is 23.8. The number of nitrogens with one attached hydrogen (secondary N) is 1. The molecule has 0 saturated heterocycles. The van der Waals surface area contributed by atoms with Crippen molar-refractivity contribution in [3.63, 3.8) is 0 Å². The Labute approximate surface area is 116 Å². The number of hydrogen-bond acceptors (Lipinski definition) is 2. The zero-order valence-corrected chi connectivity index (χ0v) is 11.4. The highest BCUT2D eigenvalue weighted by molar-refractivity contribution is 6.02. The number of rotatable bonds is 1. The minimum atomic E-state index is -0.00523. The van der Waals surface area contributed by atoms with Gasteiger partial charge in [0.05, 0.1) is 0 Å². The summed E-state index contributed by atoms with van der Waals surface area (Å²) in [6.45, 7) is 3.20. The van der Waals surface area contributed by atoms with Crippen LogP contribution >= 0.6 is 0 Å². The first kappa shape index (κ1) is 11.7. The third-order valence-electron chi connectivity index (χ3n) is 4.62. The zero-order chi connectivity index (χ0) is 13.9. The molecule has 0 atom stereocenters. The molecule has 102 valence electrons. The number of hydrogen-bond donors (Lipinski definition) is 1. The number of ketones is 1. The van der Waals surface area contributed by atoms with Crippen molar-refractivity contribution < 1.29 is 9.59 Å². The van der Waals surface area contributed by atoms with Gasteiger partial charge in [-0.05, 0) is 31.9 Å². The molecule has 1 aromatic carbocycles. The van der Waals surface area contributed by atoms with Gasteiger partial charge in [-0.3, -0.25) is 9.59 Å². The van der Waals surface area contributed by atoms with E-state index in [1.807, 2.05) is 24.3 Å². The molecule has 1 aliphatic heterocycles. The van der Waals surface area contributed by atoms with Crippen molar-refractivity contribution in [1.29, 1.82) is 0 Å². The summed E-state index contributed by atoms with van der Waals surface area (Å²) in [5, 5.41) is 4.05. The van der Waals surface area contributed by atoms with Gasteiger partial charge in [0.15, 0.2) is 5.78 Å². The largest absolute Gasteiger partial charge is 0.350 e. The van der Waals surface area contributed by atoms with E-state index in [9.17, 15) is 9.59 Å². The second-order valence-electron chi connectivity index (χ2n) is 6.13. The van der Waals surface area contributed by atoms with E-state index in [-0.39, 0.29) is 17.1 Å². The Morgan fingerprint density at radius 2 is 2.10 bits per heavy atom. The molecule has 2 aromatic rings. The number of nitrogens with zero attached hydrogens (tertiary/aromatic N) is 1. The lowest BCUT2D eigenvalue weighted by Crippen LogP contribution is -2.27. The fourth-order valence-electron chi connectivity index (χ4n) is 3.09. The lowest BCUT2D eigenvalue weighted by atomic mass is 10.1. The maximum absolute atomic E-state index is 12.2. The molecule has 0 unspecified atom stereocenters. The molecule has 4 rings (SSSR count). The second-order valence-corrected chi connectivity index (χ2v) is 6.13. The Morgan fingerprint density at radius 3 is 2.80 bits per heavy atom. The van der Waals surface area contributed by atoms with E-state index in [0.29, 0.717) is 11.3 Å². The van der Waals surface area contributed by atoms with Crippen LogP contribution < -0.4 is 5.32 Å². The van der Waals surface area contributed by atoms with Crippen molar-refractivity contribution >= 4 is 22.6 Å². The van der Waals surface area contributed by atoms with Crippen LogP contribution in [0.15, 0.2) is 24.3 Å². The summed E-state index contributed by atoms with van der Waals surface area (Å²) in [7, 11) is 0. The molecule has 1 fully saturated rings. The van der Waals surface area contributed by atoms with E-state index in [2.05, 4.69) is 9.88 Å². The molecule has 1 aromatic heterocycles.